The first-order chi connectivity index (χ1) is 14.6. The molecule has 168 valence electrons. The Morgan fingerprint density at radius 1 is 1.16 bits per heavy atom. The molecule has 2 aromatic carbocycles. The van der Waals surface area contributed by atoms with Crippen molar-refractivity contribution in [3.05, 3.63) is 51.0 Å². The first-order valence-corrected chi connectivity index (χ1v) is 12.7. The van der Waals surface area contributed by atoms with Crippen LogP contribution in [0.15, 0.2) is 30.3 Å². The summed E-state index contributed by atoms with van der Waals surface area (Å²) in [7, 11) is -1.46. The number of halogens is 3. The fourth-order valence-corrected chi connectivity index (χ4v) is 5.59. The summed E-state index contributed by atoms with van der Waals surface area (Å²) >= 11 is 18.8. The minimum atomic E-state index is -3.42. The average Bonchev–Trinajstić information content (AvgIpc) is 3.06. The highest BCUT2D eigenvalue weighted by molar-refractivity contribution is 7.93. The third-order valence-corrected chi connectivity index (χ3v) is 7.96. The van der Waals surface area contributed by atoms with Crippen LogP contribution in [0.25, 0.3) is 0 Å². The molecule has 2 aromatic rings. The molecule has 0 unspecified atom stereocenters. The Kier molecular flexibility index (Phi) is 7.63. The second-order valence-electron chi connectivity index (χ2n) is 7.46. The zero-order valence-electron chi connectivity index (χ0n) is 17.3. The Morgan fingerprint density at radius 2 is 1.90 bits per heavy atom. The predicted molar refractivity (Wildman–Crippen MR) is 130 cm³/mol. The number of carbonyl (C=O) groups excluding carboxylic acids is 1. The fraction of sp³-hybridized carbons (Fsp3) is 0.381. The SMILES string of the molecule is CCCCN(C)c1cc(Cl)cc(NC(=O)c2cc(N3CCCS3(=O)=O)cc(Cl)c2Cl)c1. The van der Waals surface area contributed by atoms with Crippen molar-refractivity contribution in [1.29, 1.82) is 0 Å². The molecule has 31 heavy (non-hydrogen) atoms. The number of sulfonamides is 1. The largest absolute Gasteiger partial charge is 0.374 e. The number of amides is 1. The zero-order valence-corrected chi connectivity index (χ0v) is 20.4. The van der Waals surface area contributed by atoms with Gasteiger partial charge in [0.15, 0.2) is 0 Å². The first kappa shape index (κ1) is 24.0. The van der Waals surface area contributed by atoms with Crippen molar-refractivity contribution in [1.82, 2.24) is 0 Å². The average molecular weight is 505 g/mol. The van der Waals surface area contributed by atoms with Crippen LogP contribution in [0.1, 0.15) is 36.5 Å². The molecule has 0 radical (unpaired) electrons. The number of hydrogen-bond donors (Lipinski definition) is 1. The summed E-state index contributed by atoms with van der Waals surface area (Å²) < 4.78 is 25.8. The Bertz CT molecular complexity index is 1090. The van der Waals surface area contributed by atoms with E-state index in [1.165, 1.54) is 16.4 Å². The van der Waals surface area contributed by atoms with Crippen molar-refractivity contribution in [2.75, 3.05) is 40.4 Å². The van der Waals surface area contributed by atoms with Crippen LogP contribution >= 0.6 is 34.8 Å². The van der Waals surface area contributed by atoms with Gasteiger partial charge in [0.25, 0.3) is 5.91 Å². The van der Waals surface area contributed by atoms with Gasteiger partial charge in [-0.2, -0.15) is 0 Å². The van der Waals surface area contributed by atoms with Crippen molar-refractivity contribution >= 4 is 67.8 Å². The van der Waals surface area contributed by atoms with Gasteiger partial charge >= 0.3 is 0 Å². The van der Waals surface area contributed by atoms with Crippen LogP contribution in [0.4, 0.5) is 17.1 Å². The summed E-state index contributed by atoms with van der Waals surface area (Å²) in [6, 6.07) is 8.20. The van der Waals surface area contributed by atoms with E-state index in [2.05, 4.69) is 17.1 Å². The van der Waals surface area contributed by atoms with Crippen LogP contribution in [-0.4, -0.2) is 40.2 Å². The quantitative estimate of drug-likeness (QED) is 0.527. The fourth-order valence-electron chi connectivity index (χ4n) is 3.40. The highest BCUT2D eigenvalue weighted by Crippen LogP contribution is 2.35. The summed E-state index contributed by atoms with van der Waals surface area (Å²) in [4.78, 5) is 15.1. The Labute approximate surface area is 198 Å². The van der Waals surface area contributed by atoms with Gasteiger partial charge in [0, 0.05) is 36.5 Å². The predicted octanol–water partition coefficient (Wildman–Crippen LogP) is 5.68. The zero-order chi connectivity index (χ0) is 22.8. The molecular weight excluding hydrogens is 481 g/mol. The van der Waals surface area contributed by atoms with E-state index < -0.39 is 15.9 Å². The normalized spacial score (nSPS) is 15.2. The molecular formula is C21H24Cl3N3O3S. The smallest absolute Gasteiger partial charge is 0.257 e. The summed E-state index contributed by atoms with van der Waals surface area (Å²) in [5.74, 6) is -0.444. The second kappa shape index (κ2) is 9.86. The van der Waals surface area contributed by atoms with Gasteiger partial charge < -0.3 is 10.2 Å². The number of nitrogens with one attached hydrogen (secondary N) is 1. The minimum Gasteiger partial charge on any atom is -0.374 e. The van der Waals surface area contributed by atoms with Crippen molar-refractivity contribution in [3.63, 3.8) is 0 Å². The summed E-state index contributed by atoms with van der Waals surface area (Å²) in [6.45, 7) is 3.31. The molecule has 1 saturated heterocycles. The van der Waals surface area contributed by atoms with Crippen LogP contribution < -0.4 is 14.5 Å². The number of anilines is 3. The van der Waals surface area contributed by atoms with Gasteiger partial charge in [-0.05, 0) is 43.2 Å². The third-order valence-electron chi connectivity index (χ3n) is 5.07. The van der Waals surface area contributed by atoms with E-state index in [1.54, 1.807) is 6.07 Å². The molecule has 1 aliphatic heterocycles. The number of benzene rings is 2. The maximum absolute atomic E-state index is 13.0. The number of unbranched alkanes of at least 4 members (excludes halogenated alkanes) is 1. The number of nitrogens with zero attached hydrogens (tertiary/aromatic N) is 2. The Balaban J connectivity index is 1.89. The van der Waals surface area contributed by atoms with E-state index in [9.17, 15) is 13.2 Å². The molecule has 0 spiro atoms. The van der Waals surface area contributed by atoms with Crippen molar-refractivity contribution in [2.45, 2.75) is 26.2 Å². The standard InChI is InChI=1S/C21H24Cl3N3O3S/c1-3-4-6-26(2)16-10-14(22)9-15(11-16)25-21(28)18-12-17(13-19(23)20(18)24)27-7-5-8-31(27,29)30/h9-13H,3-8H2,1-2H3,(H,25,28). The van der Waals surface area contributed by atoms with Crippen molar-refractivity contribution in [3.8, 4) is 0 Å². The molecule has 0 atom stereocenters. The molecule has 10 heteroatoms. The third kappa shape index (κ3) is 5.58. The Morgan fingerprint density at radius 3 is 2.55 bits per heavy atom. The van der Waals surface area contributed by atoms with Crippen LogP contribution in [0.5, 0.6) is 0 Å². The van der Waals surface area contributed by atoms with E-state index in [0.717, 1.165) is 25.1 Å². The highest BCUT2D eigenvalue weighted by Gasteiger charge is 2.30. The number of hydrogen-bond acceptors (Lipinski definition) is 4. The molecule has 1 amide bonds. The summed E-state index contributed by atoms with van der Waals surface area (Å²) in [5.41, 5.74) is 1.79. The molecule has 0 aromatic heterocycles. The summed E-state index contributed by atoms with van der Waals surface area (Å²) in [5, 5.41) is 3.45. The van der Waals surface area contributed by atoms with Gasteiger partial charge in [0.1, 0.15) is 0 Å². The van der Waals surface area contributed by atoms with E-state index >= 15 is 0 Å². The van der Waals surface area contributed by atoms with Gasteiger partial charge in [0.05, 0.1) is 27.0 Å². The molecule has 3 rings (SSSR count). The summed E-state index contributed by atoms with van der Waals surface area (Å²) in [6.07, 6.45) is 2.61. The molecule has 6 nitrogen and oxygen atoms in total. The topological polar surface area (TPSA) is 69.7 Å². The first-order valence-electron chi connectivity index (χ1n) is 9.95. The molecule has 1 fully saturated rings. The second-order valence-corrected chi connectivity index (χ2v) is 10.7. The van der Waals surface area contributed by atoms with E-state index in [-0.39, 0.29) is 21.4 Å². The van der Waals surface area contributed by atoms with Gasteiger partial charge in [-0.15, -0.1) is 0 Å². The van der Waals surface area contributed by atoms with Gasteiger partial charge in [0.2, 0.25) is 10.0 Å². The van der Waals surface area contributed by atoms with Crippen LogP contribution in [0.3, 0.4) is 0 Å². The maximum atomic E-state index is 13.0. The molecule has 1 aliphatic rings. The van der Waals surface area contributed by atoms with E-state index in [4.69, 9.17) is 34.8 Å². The molecule has 0 aliphatic carbocycles. The lowest BCUT2D eigenvalue weighted by Gasteiger charge is -2.21. The monoisotopic (exact) mass is 503 g/mol. The lowest BCUT2D eigenvalue weighted by atomic mass is 10.1. The number of rotatable bonds is 7. The molecule has 1 N–H and O–H groups in total. The molecule has 0 saturated carbocycles. The minimum absolute atomic E-state index is 0.0572. The van der Waals surface area contributed by atoms with E-state index in [0.29, 0.717) is 29.4 Å². The highest BCUT2D eigenvalue weighted by atomic mass is 35.5. The van der Waals surface area contributed by atoms with Crippen LogP contribution in [0, 0.1) is 0 Å². The number of carbonyl (C=O) groups is 1. The van der Waals surface area contributed by atoms with Gasteiger partial charge in [-0.25, -0.2) is 8.42 Å². The molecule has 0 bridgehead atoms. The van der Waals surface area contributed by atoms with Crippen molar-refractivity contribution in [2.24, 2.45) is 0 Å². The van der Waals surface area contributed by atoms with Crippen LogP contribution in [0.2, 0.25) is 15.1 Å². The lowest BCUT2D eigenvalue weighted by Crippen LogP contribution is -2.25. The lowest BCUT2D eigenvalue weighted by molar-refractivity contribution is 0.102. The van der Waals surface area contributed by atoms with Gasteiger partial charge in [-0.3, -0.25) is 9.10 Å². The Hall–Kier alpha value is -1.67. The maximum Gasteiger partial charge on any atom is 0.257 e. The van der Waals surface area contributed by atoms with Crippen LogP contribution in [-0.2, 0) is 10.0 Å². The van der Waals surface area contributed by atoms with Crippen molar-refractivity contribution < 1.29 is 13.2 Å². The van der Waals surface area contributed by atoms with Gasteiger partial charge in [-0.1, -0.05) is 48.1 Å². The van der Waals surface area contributed by atoms with E-state index in [1.807, 2.05) is 19.2 Å². The molecule has 1 heterocycles.